The molecule has 0 saturated carbocycles. The minimum atomic E-state index is -0.487. The fraction of sp³-hybridized carbons (Fsp3) is 0.176. The minimum absolute atomic E-state index is 0.332. The predicted octanol–water partition coefficient (Wildman–Crippen LogP) is 3.17. The Balaban J connectivity index is 1.93. The molecule has 0 aromatic heterocycles. The second-order valence-electron chi connectivity index (χ2n) is 4.20. The summed E-state index contributed by atoms with van der Waals surface area (Å²) in [6.45, 7) is 2.06. The van der Waals surface area contributed by atoms with Crippen LogP contribution in [0.1, 0.15) is 24.2 Å². The van der Waals surface area contributed by atoms with Crippen LogP contribution in [0.5, 0.6) is 5.75 Å². The number of aliphatic hydroxyl groups excluding tert-OH is 1. The number of hydrogen-bond donors (Lipinski definition) is 1. The predicted molar refractivity (Wildman–Crippen MR) is 75.9 cm³/mol. The van der Waals surface area contributed by atoms with Crippen LogP contribution in [0.3, 0.4) is 0 Å². The molecular weight excluding hydrogens is 236 g/mol. The van der Waals surface area contributed by atoms with Gasteiger partial charge in [-0.25, -0.2) is 0 Å². The van der Waals surface area contributed by atoms with Crippen LogP contribution in [-0.2, 0) is 0 Å². The van der Waals surface area contributed by atoms with Crippen molar-refractivity contribution in [2.45, 2.75) is 13.0 Å². The van der Waals surface area contributed by atoms with E-state index in [-0.39, 0.29) is 0 Å². The van der Waals surface area contributed by atoms with Gasteiger partial charge < -0.3 is 9.84 Å². The van der Waals surface area contributed by atoms with Crippen LogP contribution < -0.4 is 4.74 Å². The van der Waals surface area contributed by atoms with Crippen molar-refractivity contribution < 1.29 is 9.84 Å². The van der Waals surface area contributed by atoms with Gasteiger partial charge in [0.05, 0.1) is 6.10 Å². The van der Waals surface area contributed by atoms with Crippen molar-refractivity contribution in [2.24, 2.45) is 0 Å². The molecule has 1 atom stereocenters. The zero-order chi connectivity index (χ0) is 13.5. The first kappa shape index (κ1) is 13.2. The fourth-order valence-corrected chi connectivity index (χ4v) is 1.64. The lowest BCUT2D eigenvalue weighted by atomic mass is 10.1. The summed E-state index contributed by atoms with van der Waals surface area (Å²) in [4.78, 5) is 0. The third-order valence-corrected chi connectivity index (χ3v) is 2.66. The van der Waals surface area contributed by atoms with Gasteiger partial charge in [-0.1, -0.05) is 42.2 Å². The first-order chi connectivity index (χ1) is 9.25. The Labute approximate surface area is 113 Å². The molecule has 96 valence electrons. The van der Waals surface area contributed by atoms with E-state index in [1.807, 2.05) is 54.6 Å². The number of aliphatic hydroxyl groups is 1. The molecule has 2 aromatic carbocycles. The molecule has 0 bridgehead atoms. The average molecular weight is 252 g/mol. The number of ether oxygens (including phenoxy) is 1. The highest BCUT2D eigenvalue weighted by atomic mass is 16.5. The first-order valence-electron chi connectivity index (χ1n) is 6.20. The summed E-state index contributed by atoms with van der Waals surface area (Å²) in [6.07, 6.45) is -0.487. The Kier molecular flexibility index (Phi) is 4.60. The van der Waals surface area contributed by atoms with Gasteiger partial charge in [0.2, 0.25) is 0 Å². The number of hydrogen-bond acceptors (Lipinski definition) is 2. The fourth-order valence-electron chi connectivity index (χ4n) is 1.64. The van der Waals surface area contributed by atoms with Gasteiger partial charge in [-0.05, 0) is 36.8 Å². The van der Waals surface area contributed by atoms with Gasteiger partial charge in [0, 0.05) is 5.56 Å². The second-order valence-corrected chi connectivity index (χ2v) is 4.20. The number of rotatable bonds is 3. The van der Waals surface area contributed by atoms with Crippen molar-refractivity contribution in [2.75, 3.05) is 6.61 Å². The highest BCUT2D eigenvalue weighted by molar-refractivity contribution is 5.34. The Bertz CT molecular complexity index is 577. The summed E-state index contributed by atoms with van der Waals surface area (Å²) in [5.41, 5.74) is 1.82. The van der Waals surface area contributed by atoms with E-state index >= 15 is 0 Å². The van der Waals surface area contributed by atoms with Crippen molar-refractivity contribution in [1.82, 2.24) is 0 Å². The van der Waals surface area contributed by atoms with Gasteiger partial charge in [-0.3, -0.25) is 0 Å². The van der Waals surface area contributed by atoms with E-state index < -0.39 is 6.10 Å². The summed E-state index contributed by atoms with van der Waals surface area (Å²) in [7, 11) is 0. The van der Waals surface area contributed by atoms with E-state index in [4.69, 9.17) is 4.74 Å². The molecule has 2 heteroatoms. The van der Waals surface area contributed by atoms with Crippen molar-refractivity contribution in [3.63, 3.8) is 0 Å². The van der Waals surface area contributed by atoms with Crippen LogP contribution in [0, 0.1) is 11.8 Å². The van der Waals surface area contributed by atoms with Crippen LogP contribution in [0.15, 0.2) is 54.6 Å². The van der Waals surface area contributed by atoms with Gasteiger partial charge >= 0.3 is 0 Å². The van der Waals surface area contributed by atoms with Crippen molar-refractivity contribution >= 4 is 0 Å². The van der Waals surface area contributed by atoms with Crippen molar-refractivity contribution in [3.05, 3.63) is 65.7 Å². The van der Waals surface area contributed by atoms with E-state index in [0.717, 1.165) is 16.9 Å². The summed E-state index contributed by atoms with van der Waals surface area (Å²) in [5.74, 6) is 6.71. The van der Waals surface area contributed by atoms with Crippen LogP contribution in [0.25, 0.3) is 0 Å². The molecule has 0 heterocycles. The molecule has 2 aromatic rings. The van der Waals surface area contributed by atoms with Gasteiger partial charge in [0.25, 0.3) is 0 Å². The normalized spacial score (nSPS) is 11.3. The smallest absolute Gasteiger partial charge is 0.149 e. The van der Waals surface area contributed by atoms with Gasteiger partial charge in [-0.2, -0.15) is 0 Å². The number of benzene rings is 2. The molecule has 0 amide bonds. The molecule has 0 radical (unpaired) electrons. The molecule has 0 saturated heterocycles. The van der Waals surface area contributed by atoms with Gasteiger partial charge in [0.1, 0.15) is 12.4 Å². The molecule has 0 aliphatic rings. The summed E-state index contributed by atoms with van der Waals surface area (Å²) < 4.78 is 5.53. The van der Waals surface area contributed by atoms with Crippen LogP contribution >= 0.6 is 0 Å². The third-order valence-electron chi connectivity index (χ3n) is 2.66. The average Bonchev–Trinajstić information content (AvgIpc) is 2.45. The molecule has 19 heavy (non-hydrogen) atoms. The van der Waals surface area contributed by atoms with E-state index in [1.54, 1.807) is 6.92 Å². The molecule has 0 fully saturated rings. The zero-order valence-corrected chi connectivity index (χ0v) is 10.8. The zero-order valence-electron chi connectivity index (χ0n) is 10.8. The van der Waals surface area contributed by atoms with E-state index in [0.29, 0.717) is 6.61 Å². The summed E-state index contributed by atoms with van der Waals surface area (Å²) in [5, 5.41) is 9.48. The Morgan fingerprint density at radius 1 is 1.11 bits per heavy atom. The van der Waals surface area contributed by atoms with Crippen LogP contribution in [-0.4, -0.2) is 11.7 Å². The maximum Gasteiger partial charge on any atom is 0.149 e. The van der Waals surface area contributed by atoms with Crippen molar-refractivity contribution in [3.8, 4) is 17.6 Å². The largest absolute Gasteiger partial charge is 0.481 e. The lowest BCUT2D eigenvalue weighted by Crippen LogP contribution is -1.96. The van der Waals surface area contributed by atoms with E-state index in [1.165, 1.54) is 0 Å². The Hall–Kier alpha value is -2.24. The van der Waals surface area contributed by atoms with Crippen molar-refractivity contribution in [1.29, 1.82) is 0 Å². The highest BCUT2D eigenvalue weighted by Crippen LogP contribution is 2.18. The summed E-state index contributed by atoms with van der Waals surface area (Å²) >= 11 is 0. The minimum Gasteiger partial charge on any atom is -0.481 e. The van der Waals surface area contributed by atoms with E-state index in [2.05, 4.69) is 11.8 Å². The van der Waals surface area contributed by atoms with Crippen LogP contribution in [0.2, 0.25) is 0 Å². The molecule has 2 nitrogen and oxygen atoms in total. The maximum absolute atomic E-state index is 9.48. The molecule has 2 rings (SSSR count). The van der Waals surface area contributed by atoms with Crippen LogP contribution in [0.4, 0.5) is 0 Å². The monoisotopic (exact) mass is 252 g/mol. The quantitative estimate of drug-likeness (QED) is 0.850. The first-order valence-corrected chi connectivity index (χ1v) is 6.20. The SMILES string of the molecule is CC(O)c1cccc(OCC#Cc2ccccc2)c1. The molecule has 1 unspecified atom stereocenters. The third kappa shape index (κ3) is 4.17. The Morgan fingerprint density at radius 2 is 1.89 bits per heavy atom. The second kappa shape index (κ2) is 6.63. The standard InChI is InChI=1S/C17H16O2/c1-14(18)16-10-5-11-17(13-16)19-12-6-9-15-7-3-2-4-8-15/h2-5,7-8,10-11,13-14,18H,12H2,1H3. The highest BCUT2D eigenvalue weighted by Gasteiger charge is 2.01. The van der Waals surface area contributed by atoms with Gasteiger partial charge in [-0.15, -0.1) is 0 Å². The Morgan fingerprint density at radius 3 is 2.63 bits per heavy atom. The molecule has 0 aliphatic carbocycles. The van der Waals surface area contributed by atoms with Gasteiger partial charge in [0.15, 0.2) is 0 Å². The lowest BCUT2D eigenvalue weighted by molar-refractivity contribution is 0.198. The molecule has 0 aliphatic heterocycles. The summed E-state index contributed by atoms with van der Waals surface area (Å²) in [6, 6.07) is 17.2. The molecule has 1 N–H and O–H groups in total. The molecule has 0 spiro atoms. The maximum atomic E-state index is 9.48. The topological polar surface area (TPSA) is 29.5 Å². The van der Waals surface area contributed by atoms with E-state index in [9.17, 15) is 5.11 Å². The molecular formula is C17H16O2. The lowest BCUT2D eigenvalue weighted by Gasteiger charge is -2.07.